The fourth-order valence-electron chi connectivity index (χ4n) is 0.479. The second-order valence-corrected chi connectivity index (χ2v) is 2.32. The van der Waals surface area contributed by atoms with Crippen LogP contribution in [0, 0.1) is 12.3 Å². The second-order valence-electron chi connectivity index (χ2n) is 1.71. The third kappa shape index (κ3) is 3.09. The normalized spacial score (nSPS) is 9.36. The van der Waals surface area contributed by atoms with Gasteiger partial charge in [-0.25, -0.2) is 0 Å². The first-order chi connectivity index (χ1) is 5.43. The molecule has 1 aromatic heterocycles. The van der Waals surface area contributed by atoms with Crippen LogP contribution in [0.3, 0.4) is 0 Å². The molecule has 5 heteroatoms. The molecule has 0 saturated heterocycles. The first kappa shape index (κ1) is 8.14. The van der Waals surface area contributed by atoms with Crippen molar-refractivity contribution in [1.82, 2.24) is 15.1 Å². The maximum atomic E-state index is 4.95. The summed E-state index contributed by atoms with van der Waals surface area (Å²) in [6.07, 6.45) is 4.95. The van der Waals surface area contributed by atoms with Gasteiger partial charge < -0.3 is 0 Å². The highest BCUT2D eigenvalue weighted by molar-refractivity contribution is 7.03. The van der Waals surface area contributed by atoms with Crippen molar-refractivity contribution < 1.29 is 4.84 Å². The smallest absolute Gasteiger partial charge is 0.128 e. The summed E-state index contributed by atoms with van der Waals surface area (Å²) in [5.41, 5.74) is 3.50. The van der Waals surface area contributed by atoms with Gasteiger partial charge in [0.25, 0.3) is 0 Å². The van der Waals surface area contributed by atoms with Gasteiger partial charge in [0.05, 0.1) is 12.2 Å². The van der Waals surface area contributed by atoms with Gasteiger partial charge in [0, 0.05) is 5.38 Å². The maximum Gasteiger partial charge on any atom is 0.128 e. The minimum absolute atomic E-state index is 0.261. The lowest BCUT2D eigenvalue weighted by Gasteiger charge is -1.97. The Bertz CT molecular complexity index is 228. The molecule has 0 saturated carbocycles. The summed E-state index contributed by atoms with van der Waals surface area (Å²) in [4.78, 5) is 4.81. The fraction of sp³-hybridized carbons (Fsp3) is 0.333. The lowest BCUT2D eigenvalue weighted by molar-refractivity contribution is 0.0607. The highest BCUT2D eigenvalue weighted by atomic mass is 32.1. The lowest BCUT2D eigenvalue weighted by Crippen LogP contribution is -2.14. The fourth-order valence-corrected chi connectivity index (χ4v) is 0.930. The van der Waals surface area contributed by atoms with Gasteiger partial charge in [-0.1, -0.05) is 10.4 Å². The van der Waals surface area contributed by atoms with Crippen LogP contribution in [0.4, 0.5) is 0 Å². The third-order valence-electron chi connectivity index (χ3n) is 0.916. The van der Waals surface area contributed by atoms with Crippen molar-refractivity contribution in [2.24, 2.45) is 0 Å². The number of rotatable bonds is 4. The average molecular weight is 169 g/mol. The van der Waals surface area contributed by atoms with Gasteiger partial charge in [0.2, 0.25) is 0 Å². The number of nitrogens with one attached hydrogen (secondary N) is 1. The molecule has 0 fully saturated rings. The molecule has 0 unspecified atom stereocenters. The van der Waals surface area contributed by atoms with E-state index in [1.165, 1.54) is 11.5 Å². The Morgan fingerprint density at radius 3 is 3.36 bits per heavy atom. The number of hydrogen-bond acceptors (Lipinski definition) is 5. The zero-order valence-corrected chi connectivity index (χ0v) is 6.60. The van der Waals surface area contributed by atoms with Crippen molar-refractivity contribution in [3.63, 3.8) is 0 Å². The zero-order valence-electron chi connectivity index (χ0n) is 5.78. The van der Waals surface area contributed by atoms with Crippen LogP contribution in [0.5, 0.6) is 0 Å². The molecule has 4 nitrogen and oxygen atoms in total. The van der Waals surface area contributed by atoms with E-state index in [2.05, 4.69) is 21.0 Å². The van der Waals surface area contributed by atoms with Gasteiger partial charge in [0.15, 0.2) is 0 Å². The van der Waals surface area contributed by atoms with Crippen molar-refractivity contribution >= 4 is 11.5 Å². The molecule has 0 bridgehead atoms. The Hall–Kier alpha value is -0.960. The van der Waals surface area contributed by atoms with E-state index in [1.807, 2.05) is 5.38 Å². The van der Waals surface area contributed by atoms with Gasteiger partial charge in [-0.3, -0.25) is 4.84 Å². The summed E-state index contributed by atoms with van der Waals surface area (Å²) in [6, 6.07) is 0. The second kappa shape index (κ2) is 4.79. The predicted molar refractivity (Wildman–Crippen MR) is 41.5 cm³/mol. The molecule has 0 aliphatic heterocycles. The first-order valence-electron chi connectivity index (χ1n) is 2.97. The lowest BCUT2D eigenvalue weighted by atomic mass is 10.5. The third-order valence-corrected chi connectivity index (χ3v) is 1.47. The van der Waals surface area contributed by atoms with Crippen molar-refractivity contribution in [3.8, 4) is 12.3 Å². The number of hydrogen-bond donors (Lipinski definition) is 1. The standard InChI is InChI=1S/C6H7N3OS/c1-2-3-10-7-4-6-5-11-9-8-6/h1,5,7H,3-4H2. The molecule has 1 aromatic rings. The van der Waals surface area contributed by atoms with E-state index in [4.69, 9.17) is 11.3 Å². The van der Waals surface area contributed by atoms with E-state index in [1.54, 1.807) is 0 Å². The number of aromatic nitrogens is 2. The van der Waals surface area contributed by atoms with Crippen LogP contribution in [-0.4, -0.2) is 16.2 Å². The van der Waals surface area contributed by atoms with Crippen molar-refractivity contribution in [2.45, 2.75) is 6.54 Å². The van der Waals surface area contributed by atoms with Crippen LogP contribution in [0.1, 0.15) is 5.69 Å². The minimum atomic E-state index is 0.261. The molecular formula is C6H7N3OS. The first-order valence-corrected chi connectivity index (χ1v) is 3.81. The topological polar surface area (TPSA) is 47.0 Å². The van der Waals surface area contributed by atoms with E-state index in [0.29, 0.717) is 6.54 Å². The molecule has 0 aliphatic carbocycles. The van der Waals surface area contributed by atoms with Gasteiger partial charge in [-0.15, -0.1) is 11.5 Å². The Morgan fingerprint density at radius 1 is 1.82 bits per heavy atom. The minimum Gasteiger partial charge on any atom is -0.289 e. The van der Waals surface area contributed by atoms with E-state index in [9.17, 15) is 0 Å². The van der Waals surface area contributed by atoms with Gasteiger partial charge >= 0.3 is 0 Å². The van der Waals surface area contributed by atoms with Gasteiger partial charge in [-0.05, 0) is 11.5 Å². The van der Waals surface area contributed by atoms with E-state index in [-0.39, 0.29) is 6.61 Å². The molecule has 0 radical (unpaired) electrons. The molecule has 0 spiro atoms. The van der Waals surface area contributed by atoms with E-state index < -0.39 is 0 Å². The molecule has 0 atom stereocenters. The van der Waals surface area contributed by atoms with Crippen molar-refractivity contribution in [3.05, 3.63) is 11.1 Å². The molecular weight excluding hydrogens is 162 g/mol. The Morgan fingerprint density at radius 2 is 2.73 bits per heavy atom. The number of nitrogens with zero attached hydrogens (tertiary/aromatic N) is 2. The zero-order chi connectivity index (χ0) is 7.94. The number of terminal acetylenes is 1. The van der Waals surface area contributed by atoms with Gasteiger partial charge in [0.1, 0.15) is 6.61 Å². The summed E-state index contributed by atoms with van der Waals surface area (Å²) in [6.45, 7) is 0.801. The highest BCUT2D eigenvalue weighted by Gasteiger charge is 1.93. The summed E-state index contributed by atoms with van der Waals surface area (Å²) >= 11 is 1.31. The Balaban J connectivity index is 2.10. The monoisotopic (exact) mass is 169 g/mol. The summed E-state index contributed by atoms with van der Waals surface area (Å²) in [7, 11) is 0. The highest BCUT2D eigenvalue weighted by Crippen LogP contribution is 1.94. The summed E-state index contributed by atoms with van der Waals surface area (Å²) < 4.78 is 3.68. The summed E-state index contributed by atoms with van der Waals surface area (Å²) in [5, 5.41) is 5.63. The van der Waals surface area contributed by atoms with Crippen LogP contribution >= 0.6 is 11.5 Å². The maximum absolute atomic E-state index is 4.95. The molecule has 1 heterocycles. The molecule has 0 aromatic carbocycles. The quantitative estimate of drug-likeness (QED) is 0.397. The van der Waals surface area contributed by atoms with Crippen LogP contribution in [0.2, 0.25) is 0 Å². The molecule has 58 valence electrons. The molecule has 0 amide bonds. The number of hydroxylamine groups is 1. The van der Waals surface area contributed by atoms with Crippen molar-refractivity contribution in [2.75, 3.05) is 6.61 Å². The largest absolute Gasteiger partial charge is 0.289 e. The van der Waals surface area contributed by atoms with E-state index >= 15 is 0 Å². The molecule has 1 N–H and O–H groups in total. The van der Waals surface area contributed by atoms with Crippen LogP contribution in [-0.2, 0) is 11.4 Å². The predicted octanol–water partition coefficient (Wildman–Crippen LogP) is 0.192. The molecule has 11 heavy (non-hydrogen) atoms. The molecule has 1 rings (SSSR count). The van der Waals surface area contributed by atoms with Crippen LogP contribution in [0.25, 0.3) is 0 Å². The van der Waals surface area contributed by atoms with Crippen LogP contribution in [0.15, 0.2) is 5.38 Å². The SMILES string of the molecule is C#CCONCc1csnn1. The molecule has 0 aliphatic rings. The van der Waals surface area contributed by atoms with Crippen molar-refractivity contribution in [1.29, 1.82) is 0 Å². The van der Waals surface area contributed by atoms with Crippen LogP contribution < -0.4 is 5.48 Å². The Labute approximate surface area is 68.7 Å². The average Bonchev–Trinajstić information content (AvgIpc) is 2.50. The van der Waals surface area contributed by atoms with E-state index in [0.717, 1.165) is 5.69 Å². The summed E-state index contributed by atoms with van der Waals surface area (Å²) in [5.74, 6) is 2.33. The van der Waals surface area contributed by atoms with Gasteiger partial charge in [-0.2, -0.15) is 5.48 Å². The Kier molecular flexibility index (Phi) is 3.55.